The lowest BCUT2D eigenvalue weighted by Crippen LogP contribution is -2.12. The van der Waals surface area contributed by atoms with Crippen LogP contribution in [0.1, 0.15) is 44.1 Å². The van der Waals surface area contributed by atoms with Crippen LogP contribution in [0.15, 0.2) is 48.8 Å². The van der Waals surface area contributed by atoms with E-state index in [1.807, 2.05) is 37.5 Å². The molecule has 0 spiro atoms. The van der Waals surface area contributed by atoms with Crippen LogP contribution in [0.4, 0.5) is 0 Å². The zero-order valence-electron chi connectivity index (χ0n) is 14.6. The highest BCUT2D eigenvalue weighted by Crippen LogP contribution is 2.24. The standard InChI is InChI=1S/C20H26N2O2/c1-4-6-9-17(5-2)20-19(11-15(3)23)22(14-21-20)13-16-8-7-10-18(24)12-16/h4,6-10,12,14-15,23-24H,5,11,13H2,1-3H3/b6-4-,17-9+. The van der Waals surface area contributed by atoms with E-state index in [1.54, 1.807) is 19.1 Å². The molecule has 0 saturated carbocycles. The van der Waals surface area contributed by atoms with Gasteiger partial charge in [0.25, 0.3) is 0 Å². The molecule has 24 heavy (non-hydrogen) atoms. The highest BCUT2D eigenvalue weighted by atomic mass is 16.3. The van der Waals surface area contributed by atoms with Crippen molar-refractivity contribution in [1.82, 2.24) is 9.55 Å². The Hall–Kier alpha value is -2.33. The second kappa shape index (κ2) is 8.50. The maximum atomic E-state index is 9.90. The van der Waals surface area contributed by atoms with Crippen LogP contribution in [0.2, 0.25) is 0 Å². The van der Waals surface area contributed by atoms with Crippen LogP contribution in [0.3, 0.4) is 0 Å². The van der Waals surface area contributed by atoms with E-state index in [9.17, 15) is 10.2 Å². The summed E-state index contributed by atoms with van der Waals surface area (Å²) < 4.78 is 2.05. The quantitative estimate of drug-likeness (QED) is 0.758. The number of hydrogen-bond acceptors (Lipinski definition) is 3. The normalized spacial score (nSPS) is 13.6. The van der Waals surface area contributed by atoms with Gasteiger partial charge in [0, 0.05) is 18.7 Å². The third-order valence-electron chi connectivity index (χ3n) is 3.87. The summed E-state index contributed by atoms with van der Waals surface area (Å²) in [6.07, 6.45) is 8.88. The van der Waals surface area contributed by atoms with Gasteiger partial charge in [-0.25, -0.2) is 4.98 Å². The van der Waals surface area contributed by atoms with Gasteiger partial charge in [-0.2, -0.15) is 0 Å². The molecule has 4 nitrogen and oxygen atoms in total. The fourth-order valence-corrected chi connectivity index (χ4v) is 2.73. The number of rotatable bonds is 7. The molecule has 0 aliphatic carbocycles. The minimum Gasteiger partial charge on any atom is -0.508 e. The predicted octanol–water partition coefficient (Wildman–Crippen LogP) is 3.93. The molecule has 1 unspecified atom stereocenters. The molecule has 2 rings (SSSR count). The molecule has 1 heterocycles. The lowest BCUT2D eigenvalue weighted by Gasteiger charge is -2.13. The fourth-order valence-electron chi connectivity index (χ4n) is 2.73. The Morgan fingerprint density at radius 2 is 2.17 bits per heavy atom. The number of benzene rings is 1. The summed E-state index contributed by atoms with van der Waals surface area (Å²) in [6.45, 7) is 6.50. The lowest BCUT2D eigenvalue weighted by molar-refractivity contribution is 0.193. The van der Waals surface area contributed by atoms with Crippen molar-refractivity contribution in [2.24, 2.45) is 0 Å². The molecule has 1 aromatic carbocycles. The van der Waals surface area contributed by atoms with Gasteiger partial charge in [-0.15, -0.1) is 0 Å². The first-order valence-corrected chi connectivity index (χ1v) is 8.37. The average molecular weight is 326 g/mol. The summed E-state index contributed by atoms with van der Waals surface area (Å²) in [5.74, 6) is 0.257. The average Bonchev–Trinajstić information content (AvgIpc) is 2.90. The van der Waals surface area contributed by atoms with Gasteiger partial charge in [-0.1, -0.05) is 37.3 Å². The van der Waals surface area contributed by atoms with Gasteiger partial charge in [0.1, 0.15) is 5.75 Å². The number of aromatic nitrogens is 2. The number of nitrogens with zero attached hydrogens (tertiary/aromatic N) is 2. The van der Waals surface area contributed by atoms with Crippen LogP contribution in [0.25, 0.3) is 5.57 Å². The van der Waals surface area contributed by atoms with E-state index in [1.165, 1.54) is 0 Å². The summed E-state index contributed by atoms with van der Waals surface area (Å²) in [6, 6.07) is 7.22. The van der Waals surface area contributed by atoms with E-state index >= 15 is 0 Å². The zero-order valence-corrected chi connectivity index (χ0v) is 14.6. The van der Waals surface area contributed by atoms with Crippen molar-refractivity contribution >= 4 is 5.57 Å². The number of aliphatic hydroxyl groups excluding tert-OH is 1. The van der Waals surface area contributed by atoms with Gasteiger partial charge in [0.05, 0.1) is 18.1 Å². The van der Waals surface area contributed by atoms with Crippen molar-refractivity contribution in [3.05, 3.63) is 65.8 Å². The molecular formula is C20H26N2O2. The predicted molar refractivity (Wildman–Crippen MR) is 97.9 cm³/mol. The minimum atomic E-state index is -0.441. The van der Waals surface area contributed by atoms with Crippen LogP contribution in [0.5, 0.6) is 5.75 Å². The topological polar surface area (TPSA) is 58.3 Å². The molecule has 1 aromatic heterocycles. The number of phenolic OH excluding ortho intramolecular Hbond substituents is 1. The van der Waals surface area contributed by atoms with E-state index in [4.69, 9.17) is 0 Å². The Balaban J connectivity index is 2.41. The van der Waals surface area contributed by atoms with Crippen LogP contribution < -0.4 is 0 Å². The molecule has 0 aliphatic heterocycles. The maximum absolute atomic E-state index is 9.90. The first-order valence-electron chi connectivity index (χ1n) is 8.37. The highest BCUT2D eigenvalue weighted by molar-refractivity contribution is 5.66. The van der Waals surface area contributed by atoms with E-state index in [2.05, 4.69) is 22.6 Å². The molecule has 4 heteroatoms. The van der Waals surface area contributed by atoms with Crippen molar-refractivity contribution in [3.8, 4) is 5.75 Å². The summed E-state index contributed by atoms with van der Waals surface area (Å²) in [5.41, 5.74) is 4.11. The molecule has 0 radical (unpaired) electrons. The number of imidazole rings is 1. The smallest absolute Gasteiger partial charge is 0.115 e. The molecule has 0 amide bonds. The second-order valence-corrected chi connectivity index (χ2v) is 5.96. The summed E-state index contributed by atoms with van der Waals surface area (Å²) in [7, 11) is 0. The van der Waals surface area contributed by atoms with E-state index in [0.29, 0.717) is 13.0 Å². The Labute approximate surface area is 143 Å². The van der Waals surface area contributed by atoms with Gasteiger partial charge in [-0.3, -0.25) is 0 Å². The van der Waals surface area contributed by atoms with Gasteiger partial charge >= 0.3 is 0 Å². The number of phenols is 1. The first-order chi connectivity index (χ1) is 11.5. The van der Waals surface area contributed by atoms with E-state index < -0.39 is 6.10 Å². The van der Waals surface area contributed by atoms with Crippen molar-refractivity contribution in [2.75, 3.05) is 0 Å². The number of aliphatic hydroxyl groups is 1. The Morgan fingerprint density at radius 3 is 2.79 bits per heavy atom. The van der Waals surface area contributed by atoms with Gasteiger partial charge in [-0.05, 0) is 43.5 Å². The van der Waals surface area contributed by atoms with Crippen molar-refractivity contribution in [3.63, 3.8) is 0 Å². The number of aromatic hydroxyl groups is 1. The third kappa shape index (κ3) is 4.59. The third-order valence-corrected chi connectivity index (χ3v) is 3.87. The van der Waals surface area contributed by atoms with Crippen molar-refractivity contribution in [2.45, 2.75) is 46.3 Å². The summed E-state index contributed by atoms with van der Waals surface area (Å²) in [4.78, 5) is 4.60. The fraction of sp³-hybridized carbons (Fsp3) is 0.350. The molecule has 2 aromatic rings. The molecule has 128 valence electrons. The van der Waals surface area contributed by atoms with Crippen LogP contribution >= 0.6 is 0 Å². The molecule has 0 bridgehead atoms. The second-order valence-electron chi connectivity index (χ2n) is 5.96. The Morgan fingerprint density at radius 1 is 1.38 bits per heavy atom. The van der Waals surface area contributed by atoms with Crippen LogP contribution in [-0.2, 0) is 13.0 Å². The van der Waals surface area contributed by atoms with Crippen LogP contribution in [-0.4, -0.2) is 25.9 Å². The highest BCUT2D eigenvalue weighted by Gasteiger charge is 2.16. The van der Waals surface area contributed by atoms with Gasteiger partial charge in [0.15, 0.2) is 0 Å². The molecular weight excluding hydrogens is 300 g/mol. The van der Waals surface area contributed by atoms with Gasteiger partial charge in [0.2, 0.25) is 0 Å². The van der Waals surface area contributed by atoms with E-state index in [0.717, 1.165) is 28.9 Å². The monoisotopic (exact) mass is 326 g/mol. The zero-order chi connectivity index (χ0) is 17.5. The van der Waals surface area contributed by atoms with Crippen LogP contribution in [0, 0.1) is 0 Å². The number of allylic oxidation sites excluding steroid dienone is 4. The minimum absolute atomic E-state index is 0.257. The molecule has 0 fully saturated rings. The van der Waals surface area contributed by atoms with Gasteiger partial charge < -0.3 is 14.8 Å². The summed E-state index contributed by atoms with van der Waals surface area (Å²) >= 11 is 0. The molecule has 1 atom stereocenters. The van der Waals surface area contributed by atoms with Crippen molar-refractivity contribution in [1.29, 1.82) is 0 Å². The summed E-state index contributed by atoms with van der Waals surface area (Å²) in [5, 5.41) is 19.6. The first kappa shape index (κ1) is 18.0. The van der Waals surface area contributed by atoms with Crippen molar-refractivity contribution < 1.29 is 10.2 Å². The largest absolute Gasteiger partial charge is 0.508 e. The molecule has 0 aliphatic rings. The Kier molecular flexibility index (Phi) is 6.38. The lowest BCUT2D eigenvalue weighted by atomic mass is 10.0. The van der Waals surface area contributed by atoms with E-state index in [-0.39, 0.29) is 5.75 Å². The number of hydrogen-bond donors (Lipinski definition) is 2. The molecule has 2 N–H and O–H groups in total. The molecule has 0 saturated heterocycles. The SMILES string of the molecule is C/C=C\C=C(/CC)c1ncn(Cc2cccc(O)c2)c1CC(C)O. The Bertz CT molecular complexity index is 727. The maximum Gasteiger partial charge on any atom is 0.115 e.